The Morgan fingerprint density at radius 1 is 1.47 bits per heavy atom. The molecule has 0 aromatic carbocycles. The summed E-state index contributed by atoms with van der Waals surface area (Å²) in [4.78, 5) is 15.5. The summed E-state index contributed by atoms with van der Waals surface area (Å²) >= 11 is 0. The molecule has 1 aliphatic rings. The number of carbonyl (C=O) groups excluding carboxylic acids is 1. The average molecular weight is 204 g/mol. The lowest BCUT2D eigenvalue weighted by molar-refractivity contribution is 0.0995. The highest BCUT2D eigenvalue weighted by molar-refractivity contribution is 5.91. The van der Waals surface area contributed by atoms with Gasteiger partial charge in [-0.2, -0.15) is 0 Å². The lowest BCUT2D eigenvalue weighted by Gasteiger charge is -2.09. The molecular formula is C12H16N2O. The van der Waals surface area contributed by atoms with Crippen LogP contribution in [-0.4, -0.2) is 10.9 Å². The minimum absolute atomic E-state index is 0.396. The topological polar surface area (TPSA) is 56.0 Å². The van der Waals surface area contributed by atoms with Crippen LogP contribution < -0.4 is 5.73 Å². The first-order valence-electron chi connectivity index (χ1n) is 5.32. The Kier molecular flexibility index (Phi) is 2.25. The molecule has 2 atom stereocenters. The Balaban J connectivity index is 2.61. The van der Waals surface area contributed by atoms with Crippen LogP contribution in [0.4, 0.5) is 0 Å². The maximum atomic E-state index is 11.1. The molecule has 2 unspecified atom stereocenters. The molecule has 1 aromatic rings. The summed E-state index contributed by atoms with van der Waals surface area (Å²) in [6.45, 7) is 6.39. The van der Waals surface area contributed by atoms with Crippen LogP contribution in [0.2, 0.25) is 0 Å². The molecule has 2 rings (SSSR count). The third-order valence-electron chi connectivity index (χ3n) is 3.21. The Labute approximate surface area is 89.7 Å². The molecule has 80 valence electrons. The number of hydrogen-bond acceptors (Lipinski definition) is 2. The average Bonchev–Trinajstić information content (AvgIpc) is 2.42. The van der Waals surface area contributed by atoms with Gasteiger partial charge in [-0.3, -0.25) is 4.79 Å². The number of amides is 1. The highest BCUT2D eigenvalue weighted by Crippen LogP contribution is 2.41. The zero-order chi connectivity index (χ0) is 11.2. The van der Waals surface area contributed by atoms with Crippen LogP contribution in [0.5, 0.6) is 0 Å². The molecule has 0 aliphatic heterocycles. The van der Waals surface area contributed by atoms with E-state index >= 15 is 0 Å². The first-order valence-corrected chi connectivity index (χ1v) is 5.32. The third kappa shape index (κ3) is 1.52. The van der Waals surface area contributed by atoms with Gasteiger partial charge >= 0.3 is 0 Å². The number of primary amides is 1. The number of aryl methyl sites for hydroxylation is 1. The highest BCUT2D eigenvalue weighted by atomic mass is 16.1. The van der Waals surface area contributed by atoms with Crippen LogP contribution >= 0.6 is 0 Å². The van der Waals surface area contributed by atoms with E-state index in [0.29, 0.717) is 17.5 Å². The van der Waals surface area contributed by atoms with Crippen molar-refractivity contribution in [1.29, 1.82) is 0 Å². The largest absolute Gasteiger partial charge is 0.364 e. The van der Waals surface area contributed by atoms with E-state index in [1.165, 1.54) is 5.56 Å². The van der Waals surface area contributed by atoms with Gasteiger partial charge in [0.1, 0.15) is 5.69 Å². The monoisotopic (exact) mass is 204 g/mol. The van der Waals surface area contributed by atoms with Crippen LogP contribution in [0.1, 0.15) is 59.4 Å². The van der Waals surface area contributed by atoms with E-state index < -0.39 is 5.91 Å². The SMILES string of the molecule is Cc1cc(C(N)=O)nc2c1C(C)CC2C. The summed E-state index contributed by atoms with van der Waals surface area (Å²) in [6, 6.07) is 1.80. The van der Waals surface area contributed by atoms with E-state index in [-0.39, 0.29) is 0 Å². The van der Waals surface area contributed by atoms with E-state index in [2.05, 4.69) is 18.8 Å². The normalized spacial score (nSPS) is 23.9. The minimum atomic E-state index is -0.437. The van der Waals surface area contributed by atoms with Gasteiger partial charge in [-0.1, -0.05) is 13.8 Å². The van der Waals surface area contributed by atoms with Gasteiger partial charge in [0.2, 0.25) is 0 Å². The molecule has 0 spiro atoms. The first-order chi connectivity index (χ1) is 7.00. The molecule has 2 N–H and O–H groups in total. The molecule has 1 heterocycles. The zero-order valence-electron chi connectivity index (χ0n) is 9.37. The lowest BCUT2D eigenvalue weighted by atomic mass is 10.00. The molecule has 3 heteroatoms. The first kappa shape index (κ1) is 10.1. The maximum Gasteiger partial charge on any atom is 0.267 e. The number of rotatable bonds is 1. The van der Waals surface area contributed by atoms with Crippen LogP contribution in [0.25, 0.3) is 0 Å². The predicted octanol–water partition coefficient (Wildman–Crippen LogP) is 2.10. The highest BCUT2D eigenvalue weighted by Gasteiger charge is 2.29. The van der Waals surface area contributed by atoms with Crippen LogP contribution in [0.3, 0.4) is 0 Å². The number of aromatic nitrogens is 1. The van der Waals surface area contributed by atoms with E-state index in [1.54, 1.807) is 6.07 Å². The summed E-state index contributed by atoms with van der Waals surface area (Å²) in [5.41, 5.74) is 9.17. The summed E-state index contributed by atoms with van der Waals surface area (Å²) in [6.07, 6.45) is 1.12. The van der Waals surface area contributed by atoms with Crippen molar-refractivity contribution in [1.82, 2.24) is 4.98 Å². The van der Waals surface area contributed by atoms with Crippen molar-refractivity contribution in [2.45, 2.75) is 39.0 Å². The summed E-state index contributed by atoms with van der Waals surface area (Å²) in [5.74, 6) is 0.546. The number of nitrogens with two attached hydrogens (primary N) is 1. The number of carbonyl (C=O) groups is 1. The number of fused-ring (bicyclic) bond motifs is 1. The molecule has 15 heavy (non-hydrogen) atoms. The molecular weight excluding hydrogens is 188 g/mol. The fraction of sp³-hybridized carbons (Fsp3) is 0.500. The van der Waals surface area contributed by atoms with E-state index in [0.717, 1.165) is 17.7 Å². The van der Waals surface area contributed by atoms with Gasteiger partial charge in [-0.25, -0.2) is 4.98 Å². The molecule has 1 amide bonds. The van der Waals surface area contributed by atoms with Gasteiger partial charge in [0.05, 0.1) is 0 Å². The van der Waals surface area contributed by atoms with Gasteiger partial charge in [0.25, 0.3) is 5.91 Å². The Hall–Kier alpha value is -1.38. The molecule has 0 fully saturated rings. The fourth-order valence-electron chi connectivity index (χ4n) is 2.61. The smallest absolute Gasteiger partial charge is 0.267 e. The van der Waals surface area contributed by atoms with Crippen molar-refractivity contribution >= 4 is 5.91 Å². The quantitative estimate of drug-likeness (QED) is 0.761. The van der Waals surface area contributed by atoms with E-state index in [4.69, 9.17) is 5.73 Å². The Morgan fingerprint density at radius 3 is 2.73 bits per heavy atom. The van der Waals surface area contributed by atoms with Crippen molar-refractivity contribution in [3.8, 4) is 0 Å². The molecule has 0 saturated heterocycles. The molecule has 3 nitrogen and oxygen atoms in total. The van der Waals surface area contributed by atoms with Gasteiger partial charge < -0.3 is 5.73 Å². The Bertz CT molecular complexity index is 426. The van der Waals surface area contributed by atoms with Gasteiger partial charge in [-0.05, 0) is 42.4 Å². The number of pyridine rings is 1. The van der Waals surface area contributed by atoms with Gasteiger partial charge in [0.15, 0.2) is 0 Å². The van der Waals surface area contributed by atoms with Crippen molar-refractivity contribution < 1.29 is 4.79 Å². The number of nitrogens with zero attached hydrogens (tertiary/aromatic N) is 1. The molecule has 0 bridgehead atoms. The third-order valence-corrected chi connectivity index (χ3v) is 3.21. The fourth-order valence-corrected chi connectivity index (χ4v) is 2.61. The Morgan fingerprint density at radius 2 is 2.13 bits per heavy atom. The van der Waals surface area contributed by atoms with Crippen molar-refractivity contribution in [3.05, 3.63) is 28.6 Å². The van der Waals surface area contributed by atoms with Crippen molar-refractivity contribution in [2.24, 2.45) is 5.73 Å². The van der Waals surface area contributed by atoms with Crippen LogP contribution in [0.15, 0.2) is 6.07 Å². The van der Waals surface area contributed by atoms with E-state index in [9.17, 15) is 4.79 Å². The predicted molar refractivity (Wildman–Crippen MR) is 58.9 cm³/mol. The minimum Gasteiger partial charge on any atom is -0.364 e. The van der Waals surface area contributed by atoms with Gasteiger partial charge in [-0.15, -0.1) is 0 Å². The lowest BCUT2D eigenvalue weighted by Crippen LogP contribution is -2.15. The van der Waals surface area contributed by atoms with E-state index in [1.807, 2.05) is 6.92 Å². The molecule has 1 aromatic heterocycles. The maximum absolute atomic E-state index is 11.1. The summed E-state index contributed by atoms with van der Waals surface area (Å²) in [5, 5.41) is 0. The van der Waals surface area contributed by atoms with Gasteiger partial charge in [0, 0.05) is 5.69 Å². The molecule has 0 saturated carbocycles. The summed E-state index contributed by atoms with van der Waals surface area (Å²) < 4.78 is 0. The standard InChI is InChI=1S/C12H16N2O/c1-6-4-8(3)11-10(6)7(2)5-9(14-11)12(13)15/h5-6,8H,4H2,1-3H3,(H2,13,15). The van der Waals surface area contributed by atoms with Crippen LogP contribution in [-0.2, 0) is 0 Å². The second kappa shape index (κ2) is 3.33. The molecule has 0 radical (unpaired) electrons. The van der Waals surface area contributed by atoms with Crippen LogP contribution in [0, 0.1) is 6.92 Å². The second-order valence-electron chi connectivity index (χ2n) is 4.53. The molecule has 1 aliphatic carbocycles. The summed E-state index contributed by atoms with van der Waals surface area (Å²) in [7, 11) is 0. The van der Waals surface area contributed by atoms with Crippen molar-refractivity contribution in [2.75, 3.05) is 0 Å². The van der Waals surface area contributed by atoms with Crippen molar-refractivity contribution in [3.63, 3.8) is 0 Å². The second-order valence-corrected chi connectivity index (χ2v) is 4.53. The zero-order valence-corrected chi connectivity index (χ0v) is 9.37. The number of hydrogen-bond donors (Lipinski definition) is 1.